The van der Waals surface area contributed by atoms with E-state index in [1.54, 1.807) is 16.6 Å². The second-order valence-electron chi connectivity index (χ2n) is 5.39. The predicted octanol–water partition coefficient (Wildman–Crippen LogP) is 2.64. The first kappa shape index (κ1) is 13.3. The second kappa shape index (κ2) is 5.11. The summed E-state index contributed by atoms with van der Waals surface area (Å²) in [6, 6.07) is 18.8. The fraction of sp³-hybridized carbons (Fsp3) is 0.0556. The molecule has 0 radical (unpaired) electrons. The minimum atomic E-state index is -0.119. The molecule has 0 aliphatic rings. The summed E-state index contributed by atoms with van der Waals surface area (Å²) < 4.78 is 1.75. The number of hydrogen-bond acceptors (Lipinski definition) is 3. The molecule has 2 aromatic heterocycles. The van der Waals surface area contributed by atoms with Crippen LogP contribution in [0.5, 0.6) is 0 Å². The number of fused-ring (bicyclic) bond motifs is 3. The number of rotatable bonds is 2. The zero-order chi connectivity index (χ0) is 15.8. The van der Waals surface area contributed by atoms with Gasteiger partial charge >= 0.3 is 0 Å². The van der Waals surface area contributed by atoms with E-state index < -0.39 is 0 Å². The van der Waals surface area contributed by atoms with Gasteiger partial charge < -0.3 is 4.98 Å². The summed E-state index contributed by atoms with van der Waals surface area (Å²) >= 11 is 0. The molecule has 0 unspecified atom stereocenters. The molecule has 23 heavy (non-hydrogen) atoms. The maximum atomic E-state index is 12.1. The zero-order valence-electron chi connectivity index (χ0n) is 12.2. The summed E-state index contributed by atoms with van der Waals surface area (Å²) in [5.41, 5.74) is 3.81. The number of nitriles is 1. The van der Waals surface area contributed by atoms with Gasteiger partial charge in [-0.2, -0.15) is 10.4 Å². The van der Waals surface area contributed by atoms with Gasteiger partial charge in [-0.3, -0.25) is 4.79 Å². The van der Waals surface area contributed by atoms with E-state index in [0.29, 0.717) is 23.0 Å². The lowest BCUT2D eigenvalue weighted by Gasteiger charge is -2.00. The topological polar surface area (TPSA) is 74.0 Å². The third-order valence-electron chi connectivity index (χ3n) is 3.82. The quantitative estimate of drug-likeness (QED) is 0.618. The Morgan fingerprint density at radius 1 is 1.13 bits per heavy atom. The van der Waals surface area contributed by atoms with Gasteiger partial charge in [0.2, 0.25) is 0 Å². The highest BCUT2D eigenvalue weighted by atomic mass is 16.1. The SMILES string of the molecule is N#Cc1cccc(Cc2cc3[nH]c(=O)c4ccccc4n3n2)c1. The Bertz CT molecular complexity index is 1130. The maximum Gasteiger partial charge on any atom is 0.259 e. The van der Waals surface area contributed by atoms with Gasteiger partial charge in [0.1, 0.15) is 5.65 Å². The van der Waals surface area contributed by atoms with E-state index in [0.717, 1.165) is 16.8 Å². The highest BCUT2D eigenvalue weighted by Crippen LogP contribution is 2.15. The zero-order valence-corrected chi connectivity index (χ0v) is 12.2. The Balaban J connectivity index is 1.84. The van der Waals surface area contributed by atoms with Crippen molar-refractivity contribution in [2.24, 2.45) is 0 Å². The van der Waals surface area contributed by atoms with E-state index in [1.165, 1.54) is 0 Å². The van der Waals surface area contributed by atoms with Crippen molar-refractivity contribution in [3.63, 3.8) is 0 Å². The predicted molar refractivity (Wildman–Crippen MR) is 87.3 cm³/mol. The number of nitrogens with zero attached hydrogens (tertiary/aromatic N) is 3. The van der Waals surface area contributed by atoms with Crippen molar-refractivity contribution in [3.8, 4) is 6.07 Å². The Morgan fingerprint density at radius 3 is 2.87 bits per heavy atom. The Labute approximate surface area is 131 Å². The molecule has 0 aliphatic carbocycles. The molecule has 1 N–H and O–H groups in total. The number of nitrogens with one attached hydrogen (secondary N) is 1. The normalized spacial score (nSPS) is 10.9. The molecule has 0 atom stereocenters. The van der Waals surface area contributed by atoms with Crippen molar-refractivity contribution in [1.82, 2.24) is 14.6 Å². The summed E-state index contributed by atoms with van der Waals surface area (Å²) in [6.45, 7) is 0. The smallest absolute Gasteiger partial charge is 0.259 e. The lowest BCUT2D eigenvalue weighted by molar-refractivity contribution is 0.925. The minimum absolute atomic E-state index is 0.119. The molecule has 5 heteroatoms. The molecule has 0 saturated heterocycles. The van der Waals surface area contributed by atoms with E-state index in [-0.39, 0.29) is 5.56 Å². The van der Waals surface area contributed by atoms with Crippen LogP contribution in [0.25, 0.3) is 16.6 Å². The fourth-order valence-corrected chi connectivity index (χ4v) is 2.78. The van der Waals surface area contributed by atoms with Crippen LogP contribution in [0.4, 0.5) is 0 Å². The van der Waals surface area contributed by atoms with Crippen LogP contribution in [0.3, 0.4) is 0 Å². The summed E-state index contributed by atoms with van der Waals surface area (Å²) in [5, 5.41) is 14.2. The molecule has 0 bridgehead atoms. The van der Waals surface area contributed by atoms with Gasteiger partial charge in [0.05, 0.1) is 28.2 Å². The van der Waals surface area contributed by atoms with Crippen molar-refractivity contribution in [3.05, 3.63) is 81.8 Å². The first-order valence-corrected chi connectivity index (χ1v) is 7.23. The molecule has 0 aliphatic heterocycles. The van der Waals surface area contributed by atoms with E-state index in [1.807, 2.05) is 42.5 Å². The number of H-pyrrole nitrogens is 1. The van der Waals surface area contributed by atoms with E-state index in [4.69, 9.17) is 5.26 Å². The van der Waals surface area contributed by atoms with Gasteiger partial charge in [0.25, 0.3) is 5.56 Å². The van der Waals surface area contributed by atoms with Gasteiger partial charge in [-0.15, -0.1) is 0 Å². The monoisotopic (exact) mass is 300 g/mol. The van der Waals surface area contributed by atoms with Gasteiger partial charge in [-0.1, -0.05) is 24.3 Å². The van der Waals surface area contributed by atoms with Crippen LogP contribution in [0.2, 0.25) is 0 Å². The summed E-state index contributed by atoms with van der Waals surface area (Å²) in [4.78, 5) is 15.0. The third-order valence-corrected chi connectivity index (χ3v) is 3.82. The molecule has 0 spiro atoms. The van der Waals surface area contributed by atoms with Crippen LogP contribution in [-0.4, -0.2) is 14.6 Å². The van der Waals surface area contributed by atoms with Crippen LogP contribution in [0.15, 0.2) is 59.4 Å². The molecule has 0 saturated carbocycles. The minimum Gasteiger partial charge on any atom is -0.306 e. The molecule has 4 rings (SSSR count). The largest absolute Gasteiger partial charge is 0.306 e. The van der Waals surface area contributed by atoms with Crippen LogP contribution in [-0.2, 0) is 6.42 Å². The third kappa shape index (κ3) is 2.27. The highest BCUT2D eigenvalue weighted by molar-refractivity contribution is 5.80. The Morgan fingerprint density at radius 2 is 2.00 bits per heavy atom. The Kier molecular flexibility index (Phi) is 2.95. The first-order chi connectivity index (χ1) is 11.2. The number of benzene rings is 2. The molecule has 2 heterocycles. The van der Waals surface area contributed by atoms with Crippen molar-refractivity contribution in [1.29, 1.82) is 5.26 Å². The lowest BCUT2D eigenvalue weighted by Crippen LogP contribution is -2.09. The van der Waals surface area contributed by atoms with Crippen molar-refractivity contribution >= 4 is 16.6 Å². The molecule has 4 aromatic rings. The fourth-order valence-electron chi connectivity index (χ4n) is 2.78. The number of para-hydroxylation sites is 1. The van der Waals surface area contributed by atoms with Crippen molar-refractivity contribution in [2.45, 2.75) is 6.42 Å². The molecular formula is C18H12N4O. The average Bonchev–Trinajstić information content (AvgIpc) is 2.98. The van der Waals surface area contributed by atoms with E-state index >= 15 is 0 Å². The second-order valence-corrected chi connectivity index (χ2v) is 5.39. The number of aromatic nitrogens is 3. The van der Waals surface area contributed by atoms with Crippen molar-refractivity contribution < 1.29 is 0 Å². The highest BCUT2D eigenvalue weighted by Gasteiger charge is 2.09. The summed E-state index contributed by atoms with van der Waals surface area (Å²) in [6.07, 6.45) is 0.605. The maximum absolute atomic E-state index is 12.1. The number of hydrogen-bond donors (Lipinski definition) is 1. The molecular weight excluding hydrogens is 288 g/mol. The van der Waals surface area contributed by atoms with E-state index in [2.05, 4.69) is 16.2 Å². The van der Waals surface area contributed by atoms with Gasteiger partial charge in [-0.05, 0) is 29.8 Å². The number of aromatic amines is 1. The molecule has 110 valence electrons. The van der Waals surface area contributed by atoms with Gasteiger partial charge in [0.15, 0.2) is 0 Å². The standard InChI is InChI=1S/C18H12N4O/c19-11-13-5-3-4-12(8-13)9-14-10-17-20-18(23)15-6-1-2-7-16(15)22(17)21-14/h1-8,10H,9H2,(H,20,23). The van der Waals surface area contributed by atoms with Crippen molar-refractivity contribution in [2.75, 3.05) is 0 Å². The first-order valence-electron chi connectivity index (χ1n) is 7.23. The summed E-state index contributed by atoms with van der Waals surface area (Å²) in [7, 11) is 0. The van der Waals surface area contributed by atoms with E-state index in [9.17, 15) is 4.79 Å². The van der Waals surface area contributed by atoms with Crippen LogP contribution < -0.4 is 5.56 Å². The molecule has 0 fully saturated rings. The molecule has 5 nitrogen and oxygen atoms in total. The van der Waals surface area contributed by atoms with Crippen LogP contribution in [0, 0.1) is 11.3 Å². The molecule has 0 amide bonds. The van der Waals surface area contributed by atoms with Gasteiger partial charge in [-0.25, -0.2) is 4.52 Å². The average molecular weight is 300 g/mol. The lowest BCUT2D eigenvalue weighted by atomic mass is 10.1. The van der Waals surface area contributed by atoms with Crippen LogP contribution >= 0.6 is 0 Å². The van der Waals surface area contributed by atoms with Gasteiger partial charge in [0, 0.05) is 12.5 Å². The van der Waals surface area contributed by atoms with Crippen LogP contribution in [0.1, 0.15) is 16.8 Å². The molecule has 2 aromatic carbocycles. The Hall–Kier alpha value is -3.39. The summed E-state index contributed by atoms with van der Waals surface area (Å²) in [5.74, 6) is 0.